The lowest BCUT2D eigenvalue weighted by Crippen LogP contribution is -2.52. The lowest BCUT2D eigenvalue weighted by atomic mass is 10.3. The van der Waals surface area contributed by atoms with Gasteiger partial charge in [-0.05, 0) is 26.0 Å². The molecule has 1 aromatic heterocycles. The number of amides is 2. The van der Waals surface area contributed by atoms with Crippen molar-refractivity contribution >= 4 is 11.8 Å². The Morgan fingerprint density at radius 1 is 1.04 bits per heavy atom. The molecule has 0 aromatic carbocycles. The lowest BCUT2D eigenvalue weighted by molar-refractivity contribution is -0.134. The van der Waals surface area contributed by atoms with E-state index in [9.17, 15) is 9.59 Å². The molecule has 0 saturated carbocycles. The van der Waals surface area contributed by atoms with Crippen LogP contribution in [0.3, 0.4) is 0 Å². The highest BCUT2D eigenvalue weighted by molar-refractivity contribution is 5.78. The first-order valence-electron chi connectivity index (χ1n) is 9.02. The summed E-state index contributed by atoms with van der Waals surface area (Å²) in [5.41, 5.74) is 0. The Balaban J connectivity index is 1.71. The molecule has 0 unspecified atom stereocenters. The van der Waals surface area contributed by atoms with Crippen LogP contribution in [0.5, 0.6) is 0 Å². The minimum absolute atomic E-state index is 0.0871. The van der Waals surface area contributed by atoms with Crippen LogP contribution in [-0.2, 0) is 16.1 Å². The molecule has 0 bridgehead atoms. The van der Waals surface area contributed by atoms with E-state index in [0.717, 1.165) is 45.0 Å². The predicted molar refractivity (Wildman–Crippen MR) is 96.0 cm³/mol. The zero-order valence-electron chi connectivity index (χ0n) is 15.6. The Labute approximate surface area is 150 Å². The molecule has 1 aromatic rings. The van der Waals surface area contributed by atoms with Crippen molar-refractivity contribution in [2.75, 3.05) is 59.4 Å². The van der Waals surface area contributed by atoms with Crippen molar-refractivity contribution in [2.45, 2.75) is 20.4 Å². The number of hydrogen-bond acceptors (Lipinski definition) is 5. The summed E-state index contributed by atoms with van der Waals surface area (Å²) in [6, 6.07) is 3.70. The van der Waals surface area contributed by atoms with Gasteiger partial charge in [-0.15, -0.1) is 0 Å². The van der Waals surface area contributed by atoms with Gasteiger partial charge >= 0.3 is 0 Å². The monoisotopic (exact) mass is 350 g/mol. The van der Waals surface area contributed by atoms with Gasteiger partial charge in [0.25, 0.3) is 0 Å². The molecule has 0 aliphatic carbocycles. The van der Waals surface area contributed by atoms with Crippen molar-refractivity contribution in [3.63, 3.8) is 0 Å². The summed E-state index contributed by atoms with van der Waals surface area (Å²) in [5, 5.41) is 0. The zero-order valence-corrected chi connectivity index (χ0v) is 15.6. The quantitative estimate of drug-likeness (QED) is 0.692. The number of nitrogens with zero attached hydrogens (tertiary/aromatic N) is 4. The Morgan fingerprint density at radius 2 is 1.60 bits per heavy atom. The minimum atomic E-state index is 0.0871. The fourth-order valence-corrected chi connectivity index (χ4v) is 3.01. The van der Waals surface area contributed by atoms with Crippen LogP contribution < -0.4 is 0 Å². The van der Waals surface area contributed by atoms with E-state index in [0.29, 0.717) is 19.6 Å². The van der Waals surface area contributed by atoms with Gasteiger partial charge in [0.1, 0.15) is 5.76 Å². The number of carbonyl (C=O) groups is 2. The van der Waals surface area contributed by atoms with Crippen molar-refractivity contribution in [1.82, 2.24) is 19.6 Å². The van der Waals surface area contributed by atoms with Gasteiger partial charge in [-0.1, -0.05) is 0 Å². The van der Waals surface area contributed by atoms with Crippen LogP contribution in [0.4, 0.5) is 0 Å². The average Bonchev–Trinajstić information content (AvgIpc) is 3.10. The zero-order chi connectivity index (χ0) is 18.2. The Kier molecular flexibility index (Phi) is 7.46. The standard InChI is InChI=1S/C18H30N4O3/c1-4-22(5-2)18(24)15-21-10-8-20(9-11-21)14-17(23)19(3)13-16-7-6-12-25-16/h6-7,12H,4-5,8-11,13-15H2,1-3H3. The highest BCUT2D eigenvalue weighted by Crippen LogP contribution is 2.07. The Morgan fingerprint density at radius 3 is 2.08 bits per heavy atom. The van der Waals surface area contributed by atoms with Gasteiger partial charge in [-0.2, -0.15) is 0 Å². The van der Waals surface area contributed by atoms with E-state index in [1.54, 1.807) is 18.2 Å². The predicted octanol–water partition coefficient (Wildman–Crippen LogP) is 0.724. The maximum atomic E-state index is 12.3. The second-order valence-electron chi connectivity index (χ2n) is 6.45. The van der Waals surface area contributed by atoms with E-state index in [1.807, 2.05) is 30.9 Å². The van der Waals surface area contributed by atoms with Crippen LogP contribution in [0.25, 0.3) is 0 Å². The number of piperazine rings is 1. The number of hydrogen-bond donors (Lipinski definition) is 0. The van der Waals surface area contributed by atoms with Crippen LogP contribution in [0.1, 0.15) is 19.6 Å². The summed E-state index contributed by atoms with van der Waals surface area (Å²) in [5.74, 6) is 1.06. The molecular formula is C18H30N4O3. The van der Waals surface area contributed by atoms with E-state index in [4.69, 9.17) is 4.42 Å². The first kappa shape index (κ1) is 19.5. The first-order chi connectivity index (χ1) is 12.0. The molecular weight excluding hydrogens is 320 g/mol. The summed E-state index contributed by atoms with van der Waals surface area (Å²) < 4.78 is 5.28. The SMILES string of the molecule is CCN(CC)C(=O)CN1CCN(CC(=O)N(C)Cc2ccco2)CC1. The van der Waals surface area contributed by atoms with E-state index in [-0.39, 0.29) is 11.8 Å². The molecule has 2 amide bonds. The molecule has 2 rings (SSSR count). The fourth-order valence-electron chi connectivity index (χ4n) is 3.01. The van der Waals surface area contributed by atoms with Crippen molar-refractivity contribution in [1.29, 1.82) is 0 Å². The molecule has 1 saturated heterocycles. The molecule has 0 atom stereocenters. The Bertz CT molecular complexity index is 535. The van der Waals surface area contributed by atoms with E-state index in [2.05, 4.69) is 9.80 Å². The van der Waals surface area contributed by atoms with E-state index in [1.165, 1.54) is 0 Å². The van der Waals surface area contributed by atoms with Gasteiger partial charge < -0.3 is 14.2 Å². The molecule has 0 N–H and O–H groups in total. The smallest absolute Gasteiger partial charge is 0.236 e. The second kappa shape index (κ2) is 9.58. The number of likely N-dealkylation sites (N-methyl/N-ethyl adjacent to an activating group) is 2. The molecule has 25 heavy (non-hydrogen) atoms. The third-order valence-corrected chi connectivity index (χ3v) is 4.70. The van der Waals surface area contributed by atoms with Gasteiger partial charge in [-0.3, -0.25) is 19.4 Å². The van der Waals surface area contributed by atoms with Crippen molar-refractivity contribution in [3.8, 4) is 0 Å². The molecule has 140 valence electrons. The van der Waals surface area contributed by atoms with E-state index >= 15 is 0 Å². The molecule has 1 fully saturated rings. The Hall–Kier alpha value is -1.86. The summed E-state index contributed by atoms with van der Waals surface area (Å²) in [6.45, 7) is 10.2. The van der Waals surface area contributed by atoms with Crippen LogP contribution in [0.15, 0.2) is 22.8 Å². The van der Waals surface area contributed by atoms with Crippen LogP contribution in [0.2, 0.25) is 0 Å². The normalized spacial score (nSPS) is 16.0. The summed E-state index contributed by atoms with van der Waals surface area (Å²) in [4.78, 5) is 32.4. The second-order valence-corrected chi connectivity index (χ2v) is 6.45. The largest absolute Gasteiger partial charge is 0.467 e. The first-order valence-corrected chi connectivity index (χ1v) is 9.02. The maximum absolute atomic E-state index is 12.3. The third kappa shape index (κ3) is 5.86. The molecule has 0 radical (unpaired) electrons. The molecule has 1 aliphatic heterocycles. The average molecular weight is 350 g/mol. The van der Waals surface area contributed by atoms with Gasteiger partial charge in [-0.25, -0.2) is 0 Å². The molecule has 2 heterocycles. The van der Waals surface area contributed by atoms with Crippen LogP contribution >= 0.6 is 0 Å². The van der Waals surface area contributed by atoms with E-state index < -0.39 is 0 Å². The number of furan rings is 1. The van der Waals surface area contributed by atoms with Gasteiger partial charge in [0, 0.05) is 46.3 Å². The van der Waals surface area contributed by atoms with Crippen molar-refractivity contribution in [2.24, 2.45) is 0 Å². The third-order valence-electron chi connectivity index (χ3n) is 4.70. The van der Waals surface area contributed by atoms with Crippen LogP contribution in [0, 0.1) is 0 Å². The highest BCUT2D eigenvalue weighted by Gasteiger charge is 2.23. The fraction of sp³-hybridized carbons (Fsp3) is 0.667. The maximum Gasteiger partial charge on any atom is 0.236 e. The summed E-state index contributed by atoms with van der Waals surface area (Å²) >= 11 is 0. The molecule has 7 heteroatoms. The summed E-state index contributed by atoms with van der Waals surface area (Å²) in [6.07, 6.45) is 1.62. The minimum Gasteiger partial charge on any atom is -0.467 e. The van der Waals surface area contributed by atoms with Gasteiger partial charge in [0.2, 0.25) is 11.8 Å². The lowest BCUT2D eigenvalue weighted by Gasteiger charge is -2.35. The van der Waals surface area contributed by atoms with Gasteiger partial charge in [0.15, 0.2) is 0 Å². The van der Waals surface area contributed by atoms with Crippen LogP contribution in [-0.4, -0.2) is 90.8 Å². The molecule has 0 spiro atoms. The number of rotatable bonds is 8. The molecule has 7 nitrogen and oxygen atoms in total. The van der Waals surface area contributed by atoms with Crippen molar-refractivity contribution in [3.05, 3.63) is 24.2 Å². The summed E-state index contributed by atoms with van der Waals surface area (Å²) in [7, 11) is 1.80. The number of carbonyl (C=O) groups excluding carboxylic acids is 2. The molecule has 1 aliphatic rings. The topological polar surface area (TPSA) is 60.2 Å². The highest BCUT2D eigenvalue weighted by atomic mass is 16.3. The van der Waals surface area contributed by atoms with Gasteiger partial charge in [0.05, 0.1) is 25.9 Å². The van der Waals surface area contributed by atoms with Crippen molar-refractivity contribution < 1.29 is 14.0 Å².